The number of rotatable bonds is 3. The number of esters is 1. The molecular formula is C20H20N2O5. The van der Waals surface area contributed by atoms with E-state index in [-0.39, 0.29) is 23.6 Å². The average molecular weight is 368 g/mol. The molecule has 0 aromatic heterocycles. The number of carbonyl (C=O) groups is 3. The number of nitrogens with one attached hydrogen (secondary N) is 1. The topological polar surface area (TPSA) is 95.9 Å². The third-order valence-electron chi connectivity index (χ3n) is 4.33. The molecule has 2 aromatic carbocycles. The Morgan fingerprint density at radius 2 is 2.00 bits per heavy atom. The first-order chi connectivity index (χ1) is 12.9. The lowest BCUT2D eigenvalue weighted by atomic mass is 10.1. The molecule has 7 nitrogen and oxygen atoms in total. The number of benzene rings is 2. The van der Waals surface area contributed by atoms with Crippen LogP contribution >= 0.6 is 0 Å². The van der Waals surface area contributed by atoms with E-state index in [0.29, 0.717) is 11.4 Å². The van der Waals surface area contributed by atoms with Gasteiger partial charge in [0.2, 0.25) is 5.91 Å². The summed E-state index contributed by atoms with van der Waals surface area (Å²) in [5, 5.41) is 12.6. The number of amides is 2. The summed E-state index contributed by atoms with van der Waals surface area (Å²) in [6.07, 6.45) is 0.132. The Balaban J connectivity index is 1.78. The van der Waals surface area contributed by atoms with Crippen LogP contribution in [-0.4, -0.2) is 35.5 Å². The van der Waals surface area contributed by atoms with Gasteiger partial charge in [0.05, 0.1) is 11.4 Å². The van der Waals surface area contributed by atoms with Gasteiger partial charge in [-0.05, 0) is 38.1 Å². The first-order valence-electron chi connectivity index (χ1n) is 8.54. The van der Waals surface area contributed by atoms with Gasteiger partial charge in [0, 0.05) is 12.5 Å². The van der Waals surface area contributed by atoms with Gasteiger partial charge in [-0.3, -0.25) is 9.59 Å². The molecule has 2 N–H and O–H groups in total. The molecular weight excluding hydrogens is 348 g/mol. The number of aryl methyl sites for hydroxylation is 1. The number of phenolic OH excluding ortho intramolecular Hbond substituents is 1. The average Bonchev–Trinajstić information content (AvgIpc) is 2.75. The number of para-hydroxylation sites is 2. The molecule has 2 aromatic rings. The van der Waals surface area contributed by atoms with Gasteiger partial charge >= 0.3 is 5.97 Å². The fraction of sp³-hybridized carbons (Fsp3) is 0.250. The van der Waals surface area contributed by atoms with E-state index < -0.39 is 24.5 Å². The number of fused-ring (bicyclic) bond motifs is 1. The Bertz CT molecular complexity index is 909. The van der Waals surface area contributed by atoms with Crippen molar-refractivity contribution in [3.05, 3.63) is 53.6 Å². The van der Waals surface area contributed by atoms with E-state index in [4.69, 9.17) is 4.74 Å². The predicted molar refractivity (Wildman–Crippen MR) is 99.8 cm³/mol. The second kappa shape index (κ2) is 7.49. The highest BCUT2D eigenvalue weighted by atomic mass is 16.5. The molecule has 140 valence electrons. The predicted octanol–water partition coefficient (Wildman–Crippen LogP) is 2.62. The van der Waals surface area contributed by atoms with Crippen LogP contribution in [-0.2, 0) is 14.3 Å². The van der Waals surface area contributed by atoms with Crippen molar-refractivity contribution < 1.29 is 24.2 Å². The normalized spacial score (nSPS) is 16.1. The van der Waals surface area contributed by atoms with Crippen molar-refractivity contribution >= 4 is 29.2 Å². The quantitative estimate of drug-likeness (QED) is 0.812. The highest BCUT2D eigenvalue weighted by Gasteiger charge is 2.30. The highest BCUT2D eigenvalue weighted by molar-refractivity contribution is 6.05. The van der Waals surface area contributed by atoms with Crippen LogP contribution in [0.4, 0.5) is 11.4 Å². The standard InChI is InChI=1S/C20H20N2O5/c1-12-7-8-17(23)14(9-12)20(26)27-11-19(25)22-13(2)10-18(24)21-15-5-3-4-6-16(15)22/h3-9,13,23H,10-11H2,1-2H3,(H,21,24)/t13-/m0/s1. The summed E-state index contributed by atoms with van der Waals surface area (Å²) in [6, 6.07) is 11.1. The van der Waals surface area contributed by atoms with Gasteiger partial charge in [0.25, 0.3) is 5.91 Å². The Labute approximate surface area is 156 Å². The number of phenols is 1. The Morgan fingerprint density at radius 1 is 1.26 bits per heavy atom. The molecule has 0 fully saturated rings. The molecule has 27 heavy (non-hydrogen) atoms. The van der Waals surface area contributed by atoms with Crippen LogP contribution < -0.4 is 10.2 Å². The molecule has 7 heteroatoms. The lowest BCUT2D eigenvalue weighted by molar-refractivity contribution is -0.122. The maximum atomic E-state index is 12.8. The number of ether oxygens (including phenoxy) is 1. The zero-order valence-corrected chi connectivity index (χ0v) is 15.1. The molecule has 0 bridgehead atoms. The van der Waals surface area contributed by atoms with E-state index >= 15 is 0 Å². The molecule has 1 aliphatic rings. The van der Waals surface area contributed by atoms with Crippen molar-refractivity contribution in [2.45, 2.75) is 26.3 Å². The minimum atomic E-state index is -0.783. The number of nitrogens with zero attached hydrogens (tertiary/aromatic N) is 1. The summed E-state index contributed by atoms with van der Waals surface area (Å²) in [5.74, 6) is -1.63. The number of anilines is 2. The first-order valence-corrected chi connectivity index (χ1v) is 8.54. The number of hydrogen-bond acceptors (Lipinski definition) is 5. The van der Waals surface area contributed by atoms with E-state index in [9.17, 15) is 19.5 Å². The van der Waals surface area contributed by atoms with Gasteiger partial charge < -0.3 is 20.1 Å². The Hall–Kier alpha value is -3.35. The Kier molecular flexibility index (Phi) is 5.12. The molecule has 1 heterocycles. The molecule has 0 unspecified atom stereocenters. The fourth-order valence-corrected chi connectivity index (χ4v) is 3.06. The fourth-order valence-electron chi connectivity index (χ4n) is 3.06. The third kappa shape index (κ3) is 3.92. The number of aromatic hydroxyl groups is 1. The lowest BCUT2D eigenvalue weighted by Crippen LogP contribution is -2.41. The van der Waals surface area contributed by atoms with E-state index in [1.165, 1.54) is 17.0 Å². The minimum Gasteiger partial charge on any atom is -0.507 e. The lowest BCUT2D eigenvalue weighted by Gasteiger charge is -2.27. The molecule has 2 amide bonds. The largest absolute Gasteiger partial charge is 0.507 e. The molecule has 0 aliphatic carbocycles. The summed E-state index contributed by atoms with van der Waals surface area (Å²) in [4.78, 5) is 38.4. The maximum absolute atomic E-state index is 12.8. The van der Waals surface area contributed by atoms with Gasteiger partial charge in [0.15, 0.2) is 6.61 Å². The van der Waals surface area contributed by atoms with Crippen LogP contribution in [0, 0.1) is 6.92 Å². The van der Waals surface area contributed by atoms with Crippen LogP contribution in [0.15, 0.2) is 42.5 Å². The molecule has 0 radical (unpaired) electrons. The molecule has 0 saturated carbocycles. The molecule has 1 atom stereocenters. The summed E-state index contributed by atoms with van der Waals surface area (Å²) in [7, 11) is 0. The minimum absolute atomic E-state index is 0.00367. The molecule has 1 aliphatic heterocycles. The van der Waals surface area contributed by atoms with Crippen LogP contribution in [0.25, 0.3) is 0 Å². The summed E-state index contributed by atoms with van der Waals surface area (Å²) >= 11 is 0. The Morgan fingerprint density at radius 3 is 2.78 bits per heavy atom. The van der Waals surface area contributed by atoms with Crippen molar-refractivity contribution in [1.82, 2.24) is 0 Å². The van der Waals surface area contributed by atoms with Crippen LogP contribution in [0.1, 0.15) is 29.3 Å². The summed E-state index contributed by atoms with van der Waals surface area (Å²) in [6.45, 7) is 3.04. The van der Waals surface area contributed by atoms with Crippen molar-refractivity contribution in [3.8, 4) is 5.75 Å². The van der Waals surface area contributed by atoms with E-state index in [2.05, 4.69) is 5.32 Å². The van der Waals surface area contributed by atoms with E-state index in [0.717, 1.165) is 5.56 Å². The van der Waals surface area contributed by atoms with Crippen LogP contribution in [0.2, 0.25) is 0 Å². The van der Waals surface area contributed by atoms with Gasteiger partial charge in [-0.1, -0.05) is 23.8 Å². The van der Waals surface area contributed by atoms with Gasteiger partial charge in [0.1, 0.15) is 11.3 Å². The second-order valence-corrected chi connectivity index (χ2v) is 6.48. The summed E-state index contributed by atoms with van der Waals surface area (Å²) < 4.78 is 5.11. The van der Waals surface area contributed by atoms with Gasteiger partial charge in [-0.25, -0.2) is 4.79 Å². The SMILES string of the molecule is Cc1ccc(O)c(C(=O)OCC(=O)N2c3ccccc3NC(=O)C[C@@H]2C)c1. The third-order valence-corrected chi connectivity index (χ3v) is 4.33. The smallest absolute Gasteiger partial charge is 0.342 e. The maximum Gasteiger partial charge on any atom is 0.342 e. The highest BCUT2D eigenvalue weighted by Crippen LogP contribution is 2.31. The number of hydrogen-bond donors (Lipinski definition) is 2. The zero-order chi connectivity index (χ0) is 19.6. The first kappa shape index (κ1) is 18.4. The van der Waals surface area contributed by atoms with Crippen molar-refractivity contribution in [3.63, 3.8) is 0 Å². The molecule has 0 spiro atoms. The van der Waals surface area contributed by atoms with Crippen molar-refractivity contribution in [2.24, 2.45) is 0 Å². The zero-order valence-electron chi connectivity index (χ0n) is 15.1. The van der Waals surface area contributed by atoms with Crippen LogP contribution in [0.5, 0.6) is 5.75 Å². The molecule has 0 saturated heterocycles. The number of carbonyl (C=O) groups excluding carboxylic acids is 3. The monoisotopic (exact) mass is 368 g/mol. The van der Waals surface area contributed by atoms with E-state index in [1.54, 1.807) is 44.2 Å². The second-order valence-electron chi connectivity index (χ2n) is 6.48. The van der Waals surface area contributed by atoms with Gasteiger partial charge in [-0.15, -0.1) is 0 Å². The van der Waals surface area contributed by atoms with E-state index in [1.807, 2.05) is 0 Å². The molecule has 3 rings (SSSR count). The van der Waals surface area contributed by atoms with Crippen molar-refractivity contribution in [1.29, 1.82) is 0 Å². The van der Waals surface area contributed by atoms with Gasteiger partial charge in [-0.2, -0.15) is 0 Å². The summed E-state index contributed by atoms with van der Waals surface area (Å²) in [5.41, 5.74) is 1.87. The van der Waals surface area contributed by atoms with Crippen LogP contribution in [0.3, 0.4) is 0 Å². The van der Waals surface area contributed by atoms with Crippen molar-refractivity contribution in [2.75, 3.05) is 16.8 Å².